The first-order chi connectivity index (χ1) is 15.7. The highest BCUT2D eigenvalue weighted by atomic mass is 16.3. The van der Waals surface area contributed by atoms with Crippen LogP contribution < -0.4 is 4.57 Å². The van der Waals surface area contributed by atoms with Crippen LogP contribution in [0.3, 0.4) is 0 Å². The van der Waals surface area contributed by atoms with E-state index in [4.69, 9.17) is 19.2 Å². The van der Waals surface area contributed by atoms with E-state index in [1.54, 1.807) is 30.7 Å². The van der Waals surface area contributed by atoms with Gasteiger partial charge in [0.05, 0.1) is 14.9 Å². The Morgan fingerprint density at radius 2 is 1.93 bits per heavy atom. The second-order valence-corrected chi connectivity index (χ2v) is 7.23. The third-order valence-electron chi connectivity index (χ3n) is 5.25. The SMILES string of the molecule is [2H]c1c(C([2H])(C)C([2H])([2H])[2H])c([2H])c(-c2c(C)ccc3c2oc2c(C)cc([N+]#[C-])cc23)[n+](C)c1C. The van der Waals surface area contributed by atoms with Crippen LogP contribution in [0.25, 0.3) is 38.0 Å². The van der Waals surface area contributed by atoms with Gasteiger partial charge in [0.2, 0.25) is 5.69 Å². The van der Waals surface area contributed by atoms with E-state index in [0.29, 0.717) is 33.8 Å². The Morgan fingerprint density at radius 3 is 2.64 bits per heavy atom. The Kier molecular flexibility index (Phi) is 2.87. The summed E-state index contributed by atoms with van der Waals surface area (Å²) in [6.45, 7) is 11.4. The predicted octanol–water partition coefficient (Wildman–Crippen LogP) is 6.68. The molecule has 3 nitrogen and oxygen atoms in total. The van der Waals surface area contributed by atoms with Gasteiger partial charge in [-0.2, -0.15) is 4.57 Å². The Morgan fingerprint density at radius 1 is 1.14 bits per heavy atom. The second-order valence-electron chi connectivity index (χ2n) is 7.23. The van der Waals surface area contributed by atoms with Gasteiger partial charge in [-0.1, -0.05) is 25.9 Å². The minimum absolute atomic E-state index is 0.128. The summed E-state index contributed by atoms with van der Waals surface area (Å²) in [5, 5.41) is 1.57. The summed E-state index contributed by atoms with van der Waals surface area (Å²) in [6.07, 6.45) is 0. The lowest BCUT2D eigenvalue weighted by Gasteiger charge is -2.11. The Labute approximate surface area is 174 Å². The van der Waals surface area contributed by atoms with Crippen LogP contribution in [0, 0.1) is 27.3 Å². The van der Waals surface area contributed by atoms with Gasteiger partial charge in [0.1, 0.15) is 18.2 Å². The van der Waals surface area contributed by atoms with Crippen LogP contribution in [0.5, 0.6) is 0 Å². The van der Waals surface area contributed by atoms with Crippen LogP contribution in [0.15, 0.2) is 40.8 Å². The molecule has 0 saturated heterocycles. The number of furan rings is 1. The van der Waals surface area contributed by atoms with Crippen LogP contribution in [0.1, 0.15) is 50.3 Å². The van der Waals surface area contributed by atoms with E-state index >= 15 is 0 Å². The Bertz CT molecular complexity index is 1540. The van der Waals surface area contributed by atoms with Gasteiger partial charge in [0.25, 0.3) is 0 Å². The van der Waals surface area contributed by atoms with Crippen LogP contribution in [0.4, 0.5) is 5.69 Å². The highest BCUT2D eigenvalue weighted by Crippen LogP contribution is 2.40. The normalized spacial score (nSPS) is 17.1. The summed E-state index contributed by atoms with van der Waals surface area (Å²) >= 11 is 0. The highest BCUT2D eigenvalue weighted by Gasteiger charge is 2.23. The fourth-order valence-electron chi connectivity index (χ4n) is 3.63. The molecule has 0 aliphatic rings. The molecule has 1 unspecified atom stereocenters. The van der Waals surface area contributed by atoms with Crippen molar-refractivity contribution < 1.29 is 17.2 Å². The molecule has 140 valence electrons. The molecule has 3 heteroatoms. The average Bonchev–Trinajstić information content (AvgIpc) is 3.12. The zero-order valence-corrected chi connectivity index (χ0v) is 16.6. The number of hydrogen-bond acceptors (Lipinski definition) is 1. The van der Waals surface area contributed by atoms with Gasteiger partial charge in [0.15, 0.2) is 11.4 Å². The maximum atomic E-state index is 9.02. The quantitative estimate of drug-likeness (QED) is 0.283. The average molecular weight is 376 g/mol. The molecule has 1 atom stereocenters. The lowest BCUT2D eigenvalue weighted by Crippen LogP contribution is -2.35. The number of pyridine rings is 1. The standard InChI is InChI=1S/C25H25N2O/c1-14(2)18-11-17(5)27(7)22(12-18)23-15(3)8-9-20-21-13-19(26-6)10-16(4)24(21)28-25(20)23/h8-14H,1-5,7H3/q+1/i1D3,11D,12D,14D. The molecule has 0 spiro atoms. The van der Waals surface area contributed by atoms with E-state index in [1.165, 1.54) is 6.92 Å². The second kappa shape index (κ2) is 6.49. The number of hydrogen-bond donors (Lipinski definition) is 0. The molecule has 0 saturated carbocycles. The van der Waals surface area contributed by atoms with Gasteiger partial charge in [-0.15, -0.1) is 0 Å². The van der Waals surface area contributed by atoms with Crippen molar-refractivity contribution in [3.63, 3.8) is 0 Å². The predicted molar refractivity (Wildman–Crippen MR) is 115 cm³/mol. The van der Waals surface area contributed by atoms with Gasteiger partial charge in [-0.25, -0.2) is 4.85 Å². The van der Waals surface area contributed by atoms with Gasteiger partial charge in [0, 0.05) is 35.3 Å². The van der Waals surface area contributed by atoms with E-state index in [0.717, 1.165) is 21.9 Å². The maximum absolute atomic E-state index is 9.02. The number of aromatic nitrogens is 1. The summed E-state index contributed by atoms with van der Waals surface area (Å²) in [5.41, 5.74) is 4.59. The smallest absolute Gasteiger partial charge is 0.216 e. The number of nitrogens with zero attached hydrogens (tertiary/aromatic N) is 2. The van der Waals surface area contributed by atoms with Crippen molar-refractivity contribution in [1.82, 2.24) is 0 Å². The molecule has 0 aliphatic carbocycles. The van der Waals surface area contributed by atoms with Crippen molar-refractivity contribution in [2.45, 2.75) is 40.4 Å². The van der Waals surface area contributed by atoms with Crippen LogP contribution >= 0.6 is 0 Å². The van der Waals surface area contributed by atoms with Crippen molar-refractivity contribution >= 4 is 27.6 Å². The number of aryl methyl sites for hydroxylation is 2. The first-order valence-electron chi connectivity index (χ1n) is 12.1. The molecule has 0 N–H and O–H groups in total. The molecular weight excluding hydrogens is 344 g/mol. The molecular formula is C25H25N2O+. The number of benzene rings is 2. The van der Waals surface area contributed by atoms with Crippen molar-refractivity contribution in [1.29, 1.82) is 0 Å². The third kappa shape index (κ3) is 2.68. The van der Waals surface area contributed by atoms with Crippen LogP contribution in [-0.4, -0.2) is 0 Å². The van der Waals surface area contributed by atoms with E-state index in [1.807, 2.05) is 26.0 Å². The molecule has 0 aliphatic heterocycles. The van der Waals surface area contributed by atoms with Crippen molar-refractivity contribution in [3.05, 3.63) is 70.2 Å². The minimum atomic E-state index is -2.73. The molecule has 4 rings (SSSR count). The largest absolute Gasteiger partial charge is 0.455 e. The molecule has 0 fully saturated rings. The molecule has 4 aromatic rings. The van der Waals surface area contributed by atoms with Gasteiger partial charge in [-0.05, 0) is 48.6 Å². The number of rotatable bonds is 2. The molecule has 2 aromatic carbocycles. The van der Waals surface area contributed by atoms with Crippen LogP contribution in [0.2, 0.25) is 0 Å². The first-order valence-corrected chi connectivity index (χ1v) is 9.07. The van der Waals surface area contributed by atoms with Gasteiger partial charge >= 0.3 is 0 Å². The molecule has 2 heterocycles. The summed E-state index contributed by atoms with van der Waals surface area (Å²) in [4.78, 5) is 3.56. The summed E-state index contributed by atoms with van der Waals surface area (Å²) < 4.78 is 58.0. The topological polar surface area (TPSA) is 21.4 Å². The van der Waals surface area contributed by atoms with E-state index in [9.17, 15) is 0 Å². The van der Waals surface area contributed by atoms with Crippen LogP contribution in [-0.2, 0) is 7.05 Å². The fourth-order valence-corrected chi connectivity index (χ4v) is 3.63. The summed E-state index contributed by atoms with van der Waals surface area (Å²) in [6, 6.07) is 7.05. The van der Waals surface area contributed by atoms with Crippen molar-refractivity contribution in [3.8, 4) is 11.3 Å². The third-order valence-corrected chi connectivity index (χ3v) is 5.25. The zero-order valence-electron chi connectivity index (χ0n) is 22.6. The van der Waals surface area contributed by atoms with Crippen molar-refractivity contribution in [2.24, 2.45) is 7.05 Å². The zero-order chi connectivity index (χ0) is 25.3. The van der Waals surface area contributed by atoms with Gasteiger partial charge < -0.3 is 4.42 Å². The highest BCUT2D eigenvalue weighted by molar-refractivity contribution is 6.11. The Balaban J connectivity index is 2.20. The Hall–Kier alpha value is -3.12. The summed E-state index contributed by atoms with van der Waals surface area (Å²) in [7, 11) is 1.73. The molecule has 0 amide bonds. The lowest BCUT2D eigenvalue weighted by molar-refractivity contribution is -0.666. The van der Waals surface area contributed by atoms with E-state index in [-0.39, 0.29) is 17.6 Å². The minimum Gasteiger partial charge on any atom is -0.455 e. The number of fused-ring (bicyclic) bond motifs is 3. The maximum Gasteiger partial charge on any atom is 0.216 e. The molecule has 28 heavy (non-hydrogen) atoms. The monoisotopic (exact) mass is 375 g/mol. The molecule has 0 bridgehead atoms. The van der Waals surface area contributed by atoms with Gasteiger partial charge in [-0.3, -0.25) is 0 Å². The first kappa shape index (κ1) is 12.4. The van der Waals surface area contributed by atoms with E-state index < -0.39 is 12.7 Å². The lowest BCUT2D eigenvalue weighted by atomic mass is 9.96. The van der Waals surface area contributed by atoms with Crippen molar-refractivity contribution in [2.75, 3.05) is 0 Å². The van der Waals surface area contributed by atoms with E-state index in [2.05, 4.69) is 4.85 Å². The summed E-state index contributed by atoms with van der Waals surface area (Å²) in [5.74, 6) is -2.15. The molecule has 0 radical (unpaired) electrons. The molecule has 2 aromatic heterocycles. The fraction of sp³-hybridized carbons (Fsp3) is 0.280.